The van der Waals surface area contributed by atoms with E-state index in [2.05, 4.69) is 4.98 Å². The Hall–Kier alpha value is -1.97. The summed E-state index contributed by atoms with van der Waals surface area (Å²) >= 11 is 0. The second-order valence-corrected chi connectivity index (χ2v) is 3.26. The lowest BCUT2D eigenvalue weighted by molar-refractivity contribution is 0.259. The van der Waals surface area contributed by atoms with Gasteiger partial charge < -0.3 is 14.9 Å². The van der Waals surface area contributed by atoms with Crippen molar-refractivity contribution in [2.24, 2.45) is 0 Å². The van der Waals surface area contributed by atoms with Crippen LogP contribution in [0.15, 0.2) is 35.1 Å². The number of pyridine rings is 1. The van der Waals surface area contributed by atoms with Crippen LogP contribution in [0.25, 0.3) is 0 Å². The highest BCUT2D eigenvalue weighted by atomic mass is 16.5. The van der Waals surface area contributed by atoms with Gasteiger partial charge in [-0.15, -0.1) is 0 Å². The van der Waals surface area contributed by atoms with Gasteiger partial charge in [0, 0.05) is 5.56 Å². The lowest BCUT2D eigenvalue weighted by Gasteiger charge is -2.06. The summed E-state index contributed by atoms with van der Waals surface area (Å²) in [4.78, 5) is 4.09. The zero-order valence-electron chi connectivity index (χ0n) is 8.43. The van der Waals surface area contributed by atoms with Gasteiger partial charge >= 0.3 is 0 Å². The van der Waals surface area contributed by atoms with E-state index in [-0.39, 0.29) is 0 Å². The molecular formula is C11H12N2O2. The van der Waals surface area contributed by atoms with E-state index in [1.54, 1.807) is 12.5 Å². The molecule has 0 aromatic carbocycles. The Morgan fingerprint density at radius 1 is 1.53 bits per heavy atom. The summed E-state index contributed by atoms with van der Waals surface area (Å²) in [7, 11) is 0. The van der Waals surface area contributed by atoms with Crippen LogP contribution >= 0.6 is 0 Å². The van der Waals surface area contributed by atoms with Crippen LogP contribution < -0.4 is 10.5 Å². The highest BCUT2D eigenvalue weighted by Gasteiger charge is 2.03. The molecule has 0 aliphatic carbocycles. The van der Waals surface area contributed by atoms with Crippen molar-refractivity contribution in [2.75, 3.05) is 5.73 Å². The maximum atomic E-state index is 5.58. The molecule has 4 heteroatoms. The van der Waals surface area contributed by atoms with Crippen molar-refractivity contribution in [1.82, 2.24) is 4.98 Å². The molecule has 2 heterocycles. The lowest BCUT2D eigenvalue weighted by atomic mass is 10.3. The number of rotatable bonds is 3. The molecule has 2 N–H and O–H groups in total. The third-order valence-electron chi connectivity index (χ3n) is 1.98. The molecule has 0 radical (unpaired) electrons. The Morgan fingerprint density at radius 2 is 2.40 bits per heavy atom. The largest absolute Gasteiger partial charge is 0.469 e. The van der Waals surface area contributed by atoms with Gasteiger partial charge in [-0.25, -0.2) is 4.98 Å². The predicted molar refractivity (Wildman–Crippen MR) is 56.4 cm³/mol. The maximum absolute atomic E-state index is 5.58. The standard InChI is InChI=1S/C11H12N2O2/c1-8-5-9(12)6-13-11(8)15-7-10-3-2-4-14-10/h2-6H,7,12H2,1H3. The first kappa shape index (κ1) is 9.58. The van der Waals surface area contributed by atoms with Crippen molar-refractivity contribution >= 4 is 5.69 Å². The van der Waals surface area contributed by atoms with Gasteiger partial charge in [-0.05, 0) is 25.1 Å². The number of ether oxygens (including phenoxy) is 1. The molecule has 0 bridgehead atoms. The molecule has 0 atom stereocenters. The third kappa shape index (κ3) is 2.28. The van der Waals surface area contributed by atoms with Gasteiger partial charge in [0.1, 0.15) is 12.4 Å². The number of nitrogens with two attached hydrogens (primary N) is 1. The number of aryl methyl sites for hydroxylation is 1. The number of nitrogen functional groups attached to an aromatic ring is 1. The van der Waals surface area contributed by atoms with Gasteiger partial charge in [-0.3, -0.25) is 0 Å². The molecule has 0 amide bonds. The second kappa shape index (κ2) is 4.04. The summed E-state index contributed by atoms with van der Waals surface area (Å²) in [5.74, 6) is 1.36. The van der Waals surface area contributed by atoms with Gasteiger partial charge in [0.25, 0.3) is 0 Å². The van der Waals surface area contributed by atoms with E-state index in [1.807, 2.05) is 25.1 Å². The number of hydrogen-bond donors (Lipinski definition) is 1. The summed E-state index contributed by atoms with van der Waals surface area (Å²) < 4.78 is 10.6. The molecule has 0 aliphatic rings. The van der Waals surface area contributed by atoms with Gasteiger partial charge in [0.05, 0.1) is 18.1 Å². The van der Waals surface area contributed by atoms with Crippen molar-refractivity contribution < 1.29 is 9.15 Å². The molecule has 0 fully saturated rings. The number of anilines is 1. The first-order chi connectivity index (χ1) is 7.25. The highest BCUT2D eigenvalue weighted by Crippen LogP contribution is 2.17. The quantitative estimate of drug-likeness (QED) is 0.832. The maximum Gasteiger partial charge on any atom is 0.216 e. The van der Waals surface area contributed by atoms with Crippen molar-refractivity contribution in [1.29, 1.82) is 0 Å². The summed E-state index contributed by atoms with van der Waals surface area (Å²) in [6, 6.07) is 5.50. The number of furan rings is 1. The van der Waals surface area contributed by atoms with Crippen LogP contribution in [0, 0.1) is 6.92 Å². The number of hydrogen-bond acceptors (Lipinski definition) is 4. The van der Waals surface area contributed by atoms with Crippen LogP contribution in [-0.2, 0) is 6.61 Å². The van der Waals surface area contributed by atoms with Crippen LogP contribution in [0.5, 0.6) is 5.88 Å². The predicted octanol–water partition coefficient (Wildman–Crippen LogP) is 2.14. The van der Waals surface area contributed by atoms with Gasteiger partial charge in [-0.2, -0.15) is 0 Å². The highest BCUT2D eigenvalue weighted by molar-refractivity contribution is 5.41. The summed E-state index contributed by atoms with van der Waals surface area (Å²) in [5.41, 5.74) is 7.14. The van der Waals surface area contributed by atoms with Gasteiger partial charge in [0.15, 0.2) is 0 Å². The first-order valence-corrected chi connectivity index (χ1v) is 4.63. The Kier molecular flexibility index (Phi) is 2.58. The van der Waals surface area contributed by atoms with E-state index in [4.69, 9.17) is 14.9 Å². The van der Waals surface area contributed by atoms with Crippen LogP contribution in [0.1, 0.15) is 11.3 Å². The van der Waals surface area contributed by atoms with E-state index in [0.29, 0.717) is 18.2 Å². The van der Waals surface area contributed by atoms with E-state index in [0.717, 1.165) is 11.3 Å². The van der Waals surface area contributed by atoms with Gasteiger partial charge in [-0.1, -0.05) is 0 Å². The minimum atomic E-state index is 0.380. The Balaban J connectivity index is 2.05. The molecule has 15 heavy (non-hydrogen) atoms. The molecule has 2 aromatic heterocycles. The lowest BCUT2D eigenvalue weighted by Crippen LogP contribution is -1.99. The fourth-order valence-corrected chi connectivity index (χ4v) is 1.27. The molecule has 0 unspecified atom stereocenters. The minimum absolute atomic E-state index is 0.380. The Bertz CT molecular complexity index is 438. The van der Waals surface area contributed by atoms with E-state index in [9.17, 15) is 0 Å². The molecule has 4 nitrogen and oxygen atoms in total. The molecule has 2 rings (SSSR count). The zero-order chi connectivity index (χ0) is 10.7. The van der Waals surface area contributed by atoms with Gasteiger partial charge in [0.2, 0.25) is 5.88 Å². The van der Waals surface area contributed by atoms with Crippen LogP contribution in [0.4, 0.5) is 5.69 Å². The van der Waals surface area contributed by atoms with E-state index < -0.39 is 0 Å². The van der Waals surface area contributed by atoms with Crippen molar-refractivity contribution in [3.05, 3.63) is 42.0 Å². The van der Waals surface area contributed by atoms with Crippen molar-refractivity contribution in [3.8, 4) is 5.88 Å². The smallest absolute Gasteiger partial charge is 0.216 e. The molecule has 0 saturated heterocycles. The number of aromatic nitrogens is 1. The summed E-state index contributed by atoms with van der Waals surface area (Å²) in [6.07, 6.45) is 3.19. The van der Waals surface area contributed by atoms with Crippen LogP contribution in [-0.4, -0.2) is 4.98 Å². The van der Waals surface area contributed by atoms with Crippen molar-refractivity contribution in [3.63, 3.8) is 0 Å². The summed E-state index contributed by atoms with van der Waals surface area (Å²) in [6.45, 7) is 2.28. The van der Waals surface area contributed by atoms with E-state index in [1.165, 1.54) is 0 Å². The molecule has 78 valence electrons. The average molecular weight is 204 g/mol. The second-order valence-electron chi connectivity index (χ2n) is 3.26. The fourth-order valence-electron chi connectivity index (χ4n) is 1.27. The van der Waals surface area contributed by atoms with E-state index >= 15 is 0 Å². The normalized spacial score (nSPS) is 10.2. The van der Waals surface area contributed by atoms with Crippen molar-refractivity contribution in [2.45, 2.75) is 13.5 Å². The molecule has 0 saturated carbocycles. The molecule has 2 aromatic rings. The van der Waals surface area contributed by atoms with Crippen LogP contribution in [0.3, 0.4) is 0 Å². The zero-order valence-corrected chi connectivity index (χ0v) is 8.43. The average Bonchev–Trinajstić information content (AvgIpc) is 2.69. The SMILES string of the molecule is Cc1cc(N)cnc1OCc1ccco1. The van der Waals surface area contributed by atoms with Crippen LogP contribution in [0.2, 0.25) is 0 Å². The first-order valence-electron chi connectivity index (χ1n) is 4.63. The summed E-state index contributed by atoms with van der Waals surface area (Å²) in [5, 5.41) is 0. The topological polar surface area (TPSA) is 61.3 Å². The Morgan fingerprint density at radius 3 is 3.07 bits per heavy atom. The number of nitrogens with zero attached hydrogens (tertiary/aromatic N) is 1. The third-order valence-corrected chi connectivity index (χ3v) is 1.98. The fraction of sp³-hybridized carbons (Fsp3) is 0.182. The molecule has 0 spiro atoms. The minimum Gasteiger partial charge on any atom is -0.469 e. The molecular weight excluding hydrogens is 192 g/mol. The molecule has 0 aliphatic heterocycles. The Labute approximate surface area is 87.7 Å². The monoisotopic (exact) mass is 204 g/mol.